The van der Waals surface area contributed by atoms with Crippen LogP contribution in [0.5, 0.6) is 0 Å². The van der Waals surface area contributed by atoms with Gasteiger partial charge in [-0.1, -0.05) is 31.5 Å². The normalized spacial score (nSPS) is 11.7. The predicted molar refractivity (Wildman–Crippen MR) is 108 cm³/mol. The molecular formula is C21H22ClFN2O4. The molecule has 0 aliphatic carbocycles. The van der Waals surface area contributed by atoms with Gasteiger partial charge < -0.3 is 15.4 Å². The molecule has 0 saturated carbocycles. The van der Waals surface area contributed by atoms with Gasteiger partial charge in [-0.2, -0.15) is 0 Å². The lowest BCUT2D eigenvalue weighted by Gasteiger charge is -2.21. The molecular weight excluding hydrogens is 399 g/mol. The lowest BCUT2D eigenvalue weighted by atomic mass is 10.0. The fraction of sp³-hybridized carbons (Fsp3) is 0.286. The van der Waals surface area contributed by atoms with E-state index in [1.807, 2.05) is 0 Å². The molecule has 29 heavy (non-hydrogen) atoms. The Balaban J connectivity index is 1.95. The van der Waals surface area contributed by atoms with Gasteiger partial charge >= 0.3 is 5.97 Å². The van der Waals surface area contributed by atoms with E-state index in [0.717, 1.165) is 12.1 Å². The molecule has 0 radical (unpaired) electrons. The van der Waals surface area contributed by atoms with Gasteiger partial charge in [-0.15, -0.1) is 0 Å². The van der Waals surface area contributed by atoms with E-state index in [0.29, 0.717) is 16.3 Å². The Morgan fingerprint density at radius 1 is 1.10 bits per heavy atom. The number of carbonyl (C=O) groups excluding carboxylic acids is 3. The van der Waals surface area contributed by atoms with E-state index < -0.39 is 36.2 Å². The van der Waals surface area contributed by atoms with Crippen molar-refractivity contribution in [2.45, 2.75) is 26.8 Å². The molecule has 0 bridgehead atoms. The van der Waals surface area contributed by atoms with Crippen molar-refractivity contribution in [3.63, 3.8) is 0 Å². The molecule has 0 aliphatic rings. The smallest absolute Gasteiger partial charge is 0.329 e. The van der Waals surface area contributed by atoms with Crippen molar-refractivity contribution in [2.24, 2.45) is 5.92 Å². The molecule has 154 valence electrons. The number of amides is 2. The molecule has 1 atom stereocenters. The first kappa shape index (κ1) is 22.4. The SMILES string of the molecule is Cc1c(Cl)cccc1NC(=O)COC(=O)[C@@H](NC(=O)c1ccc(F)cc1)C(C)C. The van der Waals surface area contributed by atoms with Crippen LogP contribution in [0.2, 0.25) is 5.02 Å². The van der Waals surface area contributed by atoms with Gasteiger partial charge in [0.25, 0.3) is 11.8 Å². The monoisotopic (exact) mass is 420 g/mol. The number of anilines is 1. The number of halogens is 2. The highest BCUT2D eigenvalue weighted by Gasteiger charge is 2.27. The van der Waals surface area contributed by atoms with Gasteiger partial charge in [0.2, 0.25) is 0 Å². The fourth-order valence-corrected chi connectivity index (χ4v) is 2.65. The van der Waals surface area contributed by atoms with Crippen LogP contribution >= 0.6 is 11.6 Å². The highest BCUT2D eigenvalue weighted by Crippen LogP contribution is 2.22. The number of carbonyl (C=O) groups is 3. The number of rotatable bonds is 7. The Kier molecular flexibility index (Phi) is 7.73. The number of ether oxygens (including phenoxy) is 1. The summed E-state index contributed by atoms with van der Waals surface area (Å²) in [4.78, 5) is 36.8. The Hall–Kier alpha value is -2.93. The lowest BCUT2D eigenvalue weighted by molar-refractivity contribution is -0.150. The average molecular weight is 421 g/mol. The molecule has 2 rings (SSSR count). The highest BCUT2D eigenvalue weighted by molar-refractivity contribution is 6.31. The minimum atomic E-state index is -0.965. The van der Waals surface area contributed by atoms with Gasteiger partial charge in [-0.25, -0.2) is 9.18 Å². The Morgan fingerprint density at radius 2 is 1.76 bits per heavy atom. The molecule has 0 aliphatic heterocycles. The summed E-state index contributed by atoms with van der Waals surface area (Å²) >= 11 is 6.01. The lowest BCUT2D eigenvalue weighted by Crippen LogP contribution is -2.45. The van der Waals surface area contributed by atoms with E-state index in [1.165, 1.54) is 12.1 Å². The van der Waals surface area contributed by atoms with Gasteiger partial charge in [0.1, 0.15) is 11.9 Å². The van der Waals surface area contributed by atoms with Crippen LogP contribution in [-0.2, 0) is 14.3 Å². The Bertz CT molecular complexity index is 900. The van der Waals surface area contributed by atoms with Crippen molar-refractivity contribution in [3.05, 3.63) is 64.4 Å². The quantitative estimate of drug-likeness (QED) is 0.668. The van der Waals surface area contributed by atoms with Crippen molar-refractivity contribution >= 4 is 35.1 Å². The van der Waals surface area contributed by atoms with E-state index in [4.69, 9.17) is 16.3 Å². The van der Waals surface area contributed by atoms with Crippen LogP contribution in [0.25, 0.3) is 0 Å². The third-order valence-corrected chi connectivity index (χ3v) is 4.61. The zero-order valence-electron chi connectivity index (χ0n) is 16.3. The predicted octanol–water partition coefficient (Wildman–Crippen LogP) is 3.72. The zero-order valence-corrected chi connectivity index (χ0v) is 17.0. The van der Waals surface area contributed by atoms with Crippen LogP contribution in [0, 0.1) is 18.7 Å². The molecule has 8 heteroatoms. The minimum Gasteiger partial charge on any atom is -0.454 e. The maximum Gasteiger partial charge on any atom is 0.329 e. The fourth-order valence-electron chi connectivity index (χ4n) is 2.48. The molecule has 2 amide bonds. The summed E-state index contributed by atoms with van der Waals surface area (Å²) in [6.07, 6.45) is 0. The molecule has 0 saturated heterocycles. The number of nitrogens with one attached hydrogen (secondary N) is 2. The maximum atomic E-state index is 13.0. The largest absolute Gasteiger partial charge is 0.454 e. The third-order valence-electron chi connectivity index (χ3n) is 4.20. The highest BCUT2D eigenvalue weighted by atomic mass is 35.5. The third kappa shape index (κ3) is 6.29. The minimum absolute atomic E-state index is 0.207. The van der Waals surface area contributed by atoms with Gasteiger partial charge in [0.05, 0.1) is 0 Å². The van der Waals surface area contributed by atoms with Crippen LogP contribution < -0.4 is 10.6 Å². The van der Waals surface area contributed by atoms with Crippen molar-refractivity contribution in [1.82, 2.24) is 5.32 Å². The van der Waals surface area contributed by atoms with Gasteiger partial charge in [0.15, 0.2) is 6.61 Å². The first-order valence-corrected chi connectivity index (χ1v) is 9.35. The van der Waals surface area contributed by atoms with E-state index in [1.54, 1.807) is 39.0 Å². The van der Waals surface area contributed by atoms with Crippen molar-refractivity contribution in [2.75, 3.05) is 11.9 Å². The molecule has 2 aromatic rings. The van der Waals surface area contributed by atoms with Crippen molar-refractivity contribution < 1.29 is 23.5 Å². The van der Waals surface area contributed by atoms with E-state index in [-0.39, 0.29) is 11.5 Å². The van der Waals surface area contributed by atoms with Crippen LogP contribution in [0.15, 0.2) is 42.5 Å². The van der Waals surface area contributed by atoms with Crippen LogP contribution in [0.3, 0.4) is 0 Å². The molecule has 2 aromatic carbocycles. The standard InChI is InChI=1S/C21H22ClFN2O4/c1-12(2)19(25-20(27)14-7-9-15(23)10-8-14)21(28)29-11-18(26)24-17-6-4-5-16(22)13(17)3/h4-10,12,19H,11H2,1-3H3,(H,24,26)(H,25,27)/t19-/m0/s1. The van der Waals surface area contributed by atoms with Gasteiger partial charge in [-0.3, -0.25) is 9.59 Å². The van der Waals surface area contributed by atoms with Crippen molar-refractivity contribution in [3.8, 4) is 0 Å². The number of hydrogen-bond acceptors (Lipinski definition) is 4. The van der Waals surface area contributed by atoms with Crippen LogP contribution in [0.4, 0.5) is 10.1 Å². The second kappa shape index (κ2) is 10.0. The second-order valence-electron chi connectivity index (χ2n) is 6.77. The molecule has 0 heterocycles. The summed E-state index contributed by atoms with van der Waals surface area (Å²) in [5, 5.41) is 5.68. The van der Waals surface area contributed by atoms with Gasteiger partial charge in [-0.05, 0) is 54.8 Å². The maximum absolute atomic E-state index is 13.0. The second-order valence-corrected chi connectivity index (χ2v) is 7.18. The summed E-state index contributed by atoms with van der Waals surface area (Å²) in [5.74, 6) is -2.57. The summed E-state index contributed by atoms with van der Waals surface area (Å²) in [6, 6.07) is 9.04. The molecule has 0 fully saturated rings. The summed E-state index contributed by atoms with van der Waals surface area (Å²) in [6.45, 7) is 4.70. The zero-order chi connectivity index (χ0) is 21.6. The van der Waals surface area contributed by atoms with E-state index >= 15 is 0 Å². The molecule has 0 unspecified atom stereocenters. The van der Waals surface area contributed by atoms with E-state index in [2.05, 4.69) is 10.6 Å². The summed E-state index contributed by atoms with van der Waals surface area (Å²) in [5.41, 5.74) is 1.42. The van der Waals surface area contributed by atoms with Crippen molar-refractivity contribution in [1.29, 1.82) is 0 Å². The number of benzene rings is 2. The summed E-state index contributed by atoms with van der Waals surface area (Å²) < 4.78 is 18.1. The first-order chi connectivity index (χ1) is 13.7. The topological polar surface area (TPSA) is 84.5 Å². The number of hydrogen-bond donors (Lipinski definition) is 2. The van der Waals surface area contributed by atoms with Crippen LogP contribution in [-0.4, -0.2) is 30.4 Å². The molecule has 2 N–H and O–H groups in total. The number of esters is 1. The first-order valence-electron chi connectivity index (χ1n) is 8.97. The van der Waals surface area contributed by atoms with Gasteiger partial charge in [0, 0.05) is 16.3 Å². The average Bonchev–Trinajstić information content (AvgIpc) is 2.68. The summed E-state index contributed by atoms with van der Waals surface area (Å²) in [7, 11) is 0. The van der Waals surface area contributed by atoms with E-state index in [9.17, 15) is 18.8 Å². The van der Waals surface area contributed by atoms with Crippen LogP contribution in [0.1, 0.15) is 29.8 Å². The molecule has 6 nitrogen and oxygen atoms in total. The Labute approximate surface area is 173 Å². The Morgan fingerprint density at radius 3 is 2.38 bits per heavy atom. The molecule has 0 spiro atoms. The molecule has 0 aromatic heterocycles.